The largest absolute Gasteiger partial charge is 0.387 e. The first-order chi connectivity index (χ1) is 36.1. The summed E-state index contributed by atoms with van der Waals surface area (Å²) >= 11 is 0. The Bertz CT molecular complexity index is 2350. The van der Waals surface area contributed by atoms with Gasteiger partial charge in [-0.25, -0.2) is 0 Å². The number of unbranched alkanes of at least 4 members (excludes halogenated alkanes) is 5. The first kappa shape index (κ1) is 54.2. The van der Waals surface area contributed by atoms with Crippen molar-refractivity contribution >= 4 is 0 Å². The molecule has 2 fully saturated rings. The smallest absolute Gasteiger partial charge is 0.187 e. The highest BCUT2D eigenvalue weighted by atomic mass is 16.7. The number of rotatable bonds is 30. The summed E-state index contributed by atoms with van der Waals surface area (Å²) in [4.78, 5) is 0. The van der Waals surface area contributed by atoms with E-state index in [1.165, 1.54) is 19.3 Å². The van der Waals surface area contributed by atoms with Gasteiger partial charge in [0, 0.05) is 6.61 Å². The van der Waals surface area contributed by atoms with Gasteiger partial charge in [-0.15, -0.1) is 0 Å². The summed E-state index contributed by atoms with van der Waals surface area (Å²) in [5.74, 6) is 0. The molecule has 2 saturated heterocycles. The van der Waals surface area contributed by atoms with Crippen LogP contribution in [-0.4, -0.2) is 86.3 Å². The average Bonchev–Trinajstić information content (AvgIpc) is 3.44. The number of hydrogen-bond acceptors (Lipinski definition) is 11. The van der Waals surface area contributed by atoms with Crippen LogP contribution in [0.4, 0.5) is 0 Å². The average molecular weight is 995 g/mol. The minimum atomic E-state index is -1.15. The predicted octanol–water partition coefficient (Wildman–Crippen LogP) is 11.3. The maximum absolute atomic E-state index is 12.5. The van der Waals surface area contributed by atoms with Crippen molar-refractivity contribution in [3.8, 4) is 0 Å². The third kappa shape index (κ3) is 17.2. The van der Waals surface area contributed by atoms with E-state index in [2.05, 4.69) is 6.92 Å². The fourth-order valence-electron chi connectivity index (χ4n) is 9.23. The van der Waals surface area contributed by atoms with E-state index in [-0.39, 0.29) is 39.6 Å². The summed E-state index contributed by atoms with van der Waals surface area (Å²) in [5, 5.41) is 12.5. The number of aliphatic hydroxyl groups is 1. The quantitative estimate of drug-likeness (QED) is 0.0435. The van der Waals surface area contributed by atoms with Crippen molar-refractivity contribution in [2.45, 2.75) is 147 Å². The van der Waals surface area contributed by atoms with Crippen molar-refractivity contribution in [1.29, 1.82) is 0 Å². The summed E-state index contributed by atoms with van der Waals surface area (Å²) in [7, 11) is 0. The molecule has 10 atom stereocenters. The molecule has 11 nitrogen and oxygen atoms in total. The zero-order valence-corrected chi connectivity index (χ0v) is 42.2. The van der Waals surface area contributed by atoms with Gasteiger partial charge in [0.15, 0.2) is 12.6 Å². The molecule has 73 heavy (non-hydrogen) atoms. The molecule has 8 rings (SSSR count). The van der Waals surface area contributed by atoms with Gasteiger partial charge in [-0.3, -0.25) is 0 Å². The second-order valence-electron chi connectivity index (χ2n) is 18.9. The molecule has 0 aromatic heterocycles. The summed E-state index contributed by atoms with van der Waals surface area (Å²) in [5.41, 5.74) is 5.90. The van der Waals surface area contributed by atoms with E-state index in [1.807, 2.05) is 182 Å². The van der Waals surface area contributed by atoms with Crippen LogP contribution >= 0.6 is 0 Å². The minimum absolute atomic E-state index is 0.0623. The summed E-state index contributed by atoms with van der Waals surface area (Å²) in [6.45, 7) is 4.42. The van der Waals surface area contributed by atoms with Gasteiger partial charge >= 0.3 is 0 Å². The Kier molecular flexibility index (Phi) is 22.5. The van der Waals surface area contributed by atoms with Crippen molar-refractivity contribution in [1.82, 2.24) is 0 Å². The van der Waals surface area contributed by atoms with Gasteiger partial charge < -0.3 is 52.5 Å². The van der Waals surface area contributed by atoms with E-state index < -0.39 is 61.4 Å². The highest BCUT2D eigenvalue weighted by molar-refractivity contribution is 5.18. The zero-order chi connectivity index (χ0) is 50.1. The monoisotopic (exact) mass is 995 g/mol. The maximum Gasteiger partial charge on any atom is 0.187 e. The standard InChI is InChI=1S/C62H74O11/c1-2-3-4-5-6-25-38-65-61-58(68-42-50-32-19-10-20-33-50)55(63)56(66-40-48-28-15-8-16-29-48)54(73-61)46-71-62-60(70-44-52-36-23-12-24-37-52)59(69-43-51-34-21-11-22-35-51)57(67-41-49-30-17-9-18-31-49)53(72-62)45-64-39-47-26-13-7-14-27-47/h7-24,26-37,53-63H,2-6,25,38-46H2,1H3/t53-,54-,55+,56-,57-,58+,59+,60+,61-,62+/m1/s1. The Morgan fingerprint density at radius 1 is 0.342 bits per heavy atom. The molecule has 0 bridgehead atoms. The summed E-state index contributed by atoms with van der Waals surface area (Å²) in [6, 6.07) is 60.0. The van der Waals surface area contributed by atoms with Crippen molar-refractivity contribution in [3.05, 3.63) is 215 Å². The molecule has 6 aromatic carbocycles. The number of hydrogen-bond donors (Lipinski definition) is 1. The van der Waals surface area contributed by atoms with Crippen molar-refractivity contribution in [2.24, 2.45) is 0 Å². The van der Waals surface area contributed by atoms with Gasteiger partial charge in [0.25, 0.3) is 0 Å². The van der Waals surface area contributed by atoms with Crippen LogP contribution < -0.4 is 0 Å². The van der Waals surface area contributed by atoms with Gasteiger partial charge in [-0.05, 0) is 39.8 Å². The van der Waals surface area contributed by atoms with Gasteiger partial charge in [-0.2, -0.15) is 0 Å². The molecule has 0 amide bonds. The molecule has 11 heteroatoms. The summed E-state index contributed by atoms with van der Waals surface area (Å²) in [6.07, 6.45) is -1.92. The maximum atomic E-state index is 12.5. The lowest BCUT2D eigenvalue weighted by atomic mass is 9.97. The third-order valence-electron chi connectivity index (χ3n) is 13.2. The molecular weight excluding hydrogens is 921 g/mol. The molecule has 2 aliphatic rings. The van der Waals surface area contributed by atoms with Crippen molar-refractivity contribution in [3.63, 3.8) is 0 Å². The van der Waals surface area contributed by atoms with Crippen LogP contribution in [-0.2, 0) is 87.0 Å². The topological polar surface area (TPSA) is 113 Å². The summed E-state index contributed by atoms with van der Waals surface area (Å²) < 4.78 is 68.0. The van der Waals surface area contributed by atoms with Crippen LogP contribution in [0.25, 0.3) is 0 Å². The van der Waals surface area contributed by atoms with E-state index in [4.69, 9.17) is 47.4 Å². The predicted molar refractivity (Wildman–Crippen MR) is 280 cm³/mol. The number of aliphatic hydroxyl groups excluding tert-OH is 1. The van der Waals surface area contributed by atoms with Gasteiger partial charge in [0.1, 0.15) is 48.8 Å². The molecule has 0 spiro atoms. The van der Waals surface area contributed by atoms with Crippen LogP contribution in [0.5, 0.6) is 0 Å². The Labute approximate surface area is 432 Å². The molecular formula is C62H74O11. The normalized spacial score (nSPS) is 24.1. The van der Waals surface area contributed by atoms with E-state index >= 15 is 0 Å². The molecule has 388 valence electrons. The zero-order valence-electron chi connectivity index (χ0n) is 42.2. The Morgan fingerprint density at radius 3 is 1.16 bits per heavy atom. The van der Waals surface area contributed by atoms with E-state index in [9.17, 15) is 5.11 Å². The molecule has 1 N–H and O–H groups in total. The lowest BCUT2D eigenvalue weighted by molar-refractivity contribution is -0.350. The number of ether oxygens (including phenoxy) is 10. The molecule has 0 aliphatic carbocycles. The highest BCUT2D eigenvalue weighted by Crippen LogP contribution is 2.34. The third-order valence-corrected chi connectivity index (χ3v) is 13.2. The van der Waals surface area contributed by atoms with Crippen LogP contribution in [0.3, 0.4) is 0 Å². The van der Waals surface area contributed by atoms with Crippen LogP contribution in [0.2, 0.25) is 0 Å². The second kappa shape index (κ2) is 30.3. The van der Waals surface area contributed by atoms with Gasteiger partial charge in [0.2, 0.25) is 0 Å². The molecule has 0 radical (unpaired) electrons. The lowest BCUT2D eigenvalue weighted by Crippen LogP contribution is -2.63. The van der Waals surface area contributed by atoms with Crippen LogP contribution in [0, 0.1) is 0 Å². The van der Waals surface area contributed by atoms with Crippen LogP contribution in [0.1, 0.15) is 78.8 Å². The molecule has 2 aliphatic heterocycles. The second-order valence-corrected chi connectivity index (χ2v) is 18.9. The van der Waals surface area contributed by atoms with Gasteiger partial charge in [-0.1, -0.05) is 221 Å². The van der Waals surface area contributed by atoms with Gasteiger partial charge in [0.05, 0.1) is 52.9 Å². The first-order valence-electron chi connectivity index (χ1n) is 26.2. The van der Waals surface area contributed by atoms with Crippen molar-refractivity contribution < 1.29 is 52.5 Å². The fraction of sp³-hybridized carbons (Fsp3) is 0.419. The highest BCUT2D eigenvalue weighted by Gasteiger charge is 2.51. The SMILES string of the molecule is CCCCCCCCO[C@@H]1O[C@H](CO[C@H]2O[C@H](COCc3ccccc3)[C@@H](OCc3ccccc3)[C@H](OCc3ccccc3)[C@@H]2OCc2ccccc2)[C@@H](OCc2ccccc2)[C@H](O)[C@@H]1OCc1ccccc1. The Hall–Kier alpha value is -5.12. The van der Waals surface area contributed by atoms with Crippen molar-refractivity contribution in [2.75, 3.05) is 19.8 Å². The molecule has 0 unspecified atom stereocenters. The fourth-order valence-corrected chi connectivity index (χ4v) is 9.23. The Balaban J connectivity index is 1.09. The lowest BCUT2D eigenvalue weighted by Gasteiger charge is -2.47. The molecule has 2 heterocycles. The van der Waals surface area contributed by atoms with E-state index in [0.717, 1.165) is 52.6 Å². The Morgan fingerprint density at radius 2 is 0.699 bits per heavy atom. The number of benzene rings is 6. The van der Waals surface area contributed by atoms with E-state index in [1.54, 1.807) is 0 Å². The first-order valence-corrected chi connectivity index (χ1v) is 26.2. The van der Waals surface area contributed by atoms with Crippen LogP contribution in [0.15, 0.2) is 182 Å². The molecule has 6 aromatic rings. The molecule has 0 saturated carbocycles. The minimum Gasteiger partial charge on any atom is -0.387 e. The van der Waals surface area contributed by atoms with E-state index in [0.29, 0.717) is 19.8 Å².